The van der Waals surface area contributed by atoms with E-state index in [0.29, 0.717) is 23.8 Å². The van der Waals surface area contributed by atoms with Crippen LogP contribution in [0.2, 0.25) is 0 Å². The molecular formula is C29H29N3O3. The molecule has 0 unspecified atom stereocenters. The Kier molecular flexibility index (Phi) is 7.00. The Morgan fingerprint density at radius 1 is 0.943 bits per heavy atom. The summed E-state index contributed by atoms with van der Waals surface area (Å²) < 4.78 is 11.0. The van der Waals surface area contributed by atoms with Gasteiger partial charge in [0.2, 0.25) is 5.89 Å². The van der Waals surface area contributed by atoms with E-state index in [9.17, 15) is 4.79 Å². The van der Waals surface area contributed by atoms with E-state index in [4.69, 9.17) is 14.2 Å². The zero-order valence-electron chi connectivity index (χ0n) is 19.8. The molecule has 4 aromatic rings. The van der Waals surface area contributed by atoms with E-state index in [2.05, 4.69) is 34.3 Å². The number of methoxy groups -OCH3 is 1. The first-order valence-corrected chi connectivity index (χ1v) is 12.0. The molecule has 0 aliphatic carbocycles. The first-order chi connectivity index (χ1) is 17.2. The Morgan fingerprint density at radius 2 is 1.54 bits per heavy atom. The van der Waals surface area contributed by atoms with Gasteiger partial charge in [-0.25, -0.2) is 0 Å². The molecule has 0 amide bonds. The molecule has 1 fully saturated rings. The Bertz CT molecular complexity index is 1190. The van der Waals surface area contributed by atoms with E-state index in [1.165, 1.54) is 0 Å². The molecule has 0 radical (unpaired) electrons. The van der Waals surface area contributed by atoms with Gasteiger partial charge in [-0.15, -0.1) is 0 Å². The summed E-state index contributed by atoms with van der Waals surface area (Å²) in [5, 5.41) is 4.40. The summed E-state index contributed by atoms with van der Waals surface area (Å²) >= 11 is 0. The summed E-state index contributed by atoms with van der Waals surface area (Å²) in [5.74, 6) is 2.39. The van der Waals surface area contributed by atoms with Crippen molar-refractivity contribution in [3.05, 3.63) is 113 Å². The minimum absolute atomic E-state index is 0.0721. The van der Waals surface area contributed by atoms with Gasteiger partial charge in [0.05, 0.1) is 19.6 Å². The Labute approximate surface area is 205 Å². The molecular weight excluding hydrogens is 438 g/mol. The average Bonchev–Trinajstić information content (AvgIpc) is 3.40. The summed E-state index contributed by atoms with van der Waals surface area (Å²) in [7, 11) is 1.62. The smallest absolute Gasteiger partial charge is 0.229 e. The number of rotatable bonds is 8. The number of carbonyl (C=O) groups is 1. The van der Waals surface area contributed by atoms with Crippen LogP contribution in [0.4, 0.5) is 0 Å². The van der Waals surface area contributed by atoms with Crippen LogP contribution in [0.25, 0.3) is 0 Å². The second-order valence-corrected chi connectivity index (χ2v) is 8.95. The van der Waals surface area contributed by atoms with Gasteiger partial charge in [-0.2, -0.15) is 4.98 Å². The molecule has 0 atom stereocenters. The number of hydrogen-bond acceptors (Lipinski definition) is 6. The number of likely N-dealkylation sites (tertiary alicyclic amines) is 1. The largest absolute Gasteiger partial charge is 0.497 e. The quantitative estimate of drug-likeness (QED) is 0.327. The van der Waals surface area contributed by atoms with Crippen LogP contribution in [-0.2, 0) is 0 Å². The highest BCUT2D eigenvalue weighted by Crippen LogP contribution is 2.33. The topological polar surface area (TPSA) is 68.5 Å². The van der Waals surface area contributed by atoms with Crippen molar-refractivity contribution in [1.29, 1.82) is 0 Å². The van der Waals surface area contributed by atoms with Gasteiger partial charge in [0.15, 0.2) is 11.6 Å². The van der Waals surface area contributed by atoms with Gasteiger partial charge in [-0.05, 0) is 61.3 Å². The fourth-order valence-electron chi connectivity index (χ4n) is 4.72. The third kappa shape index (κ3) is 5.33. The van der Waals surface area contributed by atoms with Gasteiger partial charge in [-0.1, -0.05) is 65.8 Å². The Morgan fingerprint density at radius 3 is 2.11 bits per heavy atom. The number of piperidine rings is 1. The van der Waals surface area contributed by atoms with Crippen molar-refractivity contribution in [2.75, 3.05) is 26.7 Å². The molecule has 0 N–H and O–H groups in total. The van der Waals surface area contributed by atoms with Crippen LogP contribution in [-0.4, -0.2) is 47.6 Å². The maximum atomic E-state index is 12.7. The van der Waals surface area contributed by atoms with E-state index in [0.717, 1.165) is 42.8 Å². The number of hydrogen-bond donors (Lipinski definition) is 0. The third-order valence-electron chi connectivity index (χ3n) is 6.70. The van der Waals surface area contributed by atoms with Crippen molar-refractivity contribution in [2.24, 2.45) is 0 Å². The van der Waals surface area contributed by atoms with Gasteiger partial charge < -0.3 is 9.26 Å². The minimum atomic E-state index is -0.0721. The lowest BCUT2D eigenvalue weighted by Crippen LogP contribution is -2.36. The number of nitrogens with zero attached hydrogens (tertiary/aromatic N) is 3. The lowest BCUT2D eigenvalue weighted by molar-refractivity contribution is 0.0904. The summed E-state index contributed by atoms with van der Waals surface area (Å²) in [6, 6.07) is 27.9. The molecule has 0 bridgehead atoms. The van der Waals surface area contributed by atoms with Crippen LogP contribution in [0.5, 0.6) is 5.75 Å². The highest BCUT2D eigenvalue weighted by Gasteiger charge is 2.29. The van der Waals surface area contributed by atoms with Crippen molar-refractivity contribution >= 4 is 5.78 Å². The van der Waals surface area contributed by atoms with Crippen molar-refractivity contribution in [1.82, 2.24) is 15.0 Å². The zero-order chi connectivity index (χ0) is 24.0. The molecule has 6 heteroatoms. The van der Waals surface area contributed by atoms with Crippen molar-refractivity contribution in [3.63, 3.8) is 0 Å². The molecule has 1 saturated heterocycles. The Hall–Kier alpha value is -3.77. The number of benzene rings is 3. The van der Waals surface area contributed by atoms with E-state index in [-0.39, 0.29) is 17.6 Å². The molecule has 3 aromatic carbocycles. The zero-order valence-corrected chi connectivity index (χ0v) is 19.8. The van der Waals surface area contributed by atoms with Gasteiger partial charge in [-0.3, -0.25) is 9.69 Å². The third-order valence-corrected chi connectivity index (χ3v) is 6.70. The van der Waals surface area contributed by atoms with E-state index in [1.54, 1.807) is 7.11 Å². The SMILES string of the molecule is COc1ccc(C(=O)CN2CCC(c3nc(C(c4ccccc4)c4ccccc4)no3)CC2)cc1. The first-order valence-electron chi connectivity index (χ1n) is 12.0. The summed E-state index contributed by atoms with van der Waals surface area (Å²) in [5.41, 5.74) is 2.98. The fourth-order valence-corrected chi connectivity index (χ4v) is 4.72. The van der Waals surface area contributed by atoms with Crippen LogP contribution < -0.4 is 4.74 Å². The molecule has 35 heavy (non-hydrogen) atoms. The molecule has 1 aliphatic rings. The molecule has 1 aromatic heterocycles. The predicted molar refractivity (Wildman–Crippen MR) is 134 cm³/mol. The normalized spacial score (nSPS) is 14.8. The number of ether oxygens (including phenoxy) is 1. The highest BCUT2D eigenvalue weighted by atomic mass is 16.5. The molecule has 0 spiro atoms. The summed E-state index contributed by atoms with van der Waals surface area (Å²) in [4.78, 5) is 19.8. The minimum Gasteiger partial charge on any atom is -0.497 e. The second kappa shape index (κ2) is 10.7. The lowest BCUT2D eigenvalue weighted by Gasteiger charge is -2.29. The van der Waals surface area contributed by atoms with Crippen molar-refractivity contribution < 1.29 is 14.1 Å². The monoisotopic (exact) mass is 467 g/mol. The maximum absolute atomic E-state index is 12.7. The molecule has 2 heterocycles. The predicted octanol–water partition coefficient (Wildman–Crippen LogP) is 5.32. The molecule has 1 aliphatic heterocycles. The number of carbonyl (C=O) groups excluding carboxylic acids is 1. The van der Waals surface area contributed by atoms with Crippen LogP contribution in [0.15, 0.2) is 89.5 Å². The standard InChI is InChI=1S/C29H29N3O3/c1-34-25-14-12-21(13-15-25)26(33)20-32-18-16-24(17-19-32)29-30-28(31-35-29)27(22-8-4-2-5-9-22)23-10-6-3-7-11-23/h2-15,24,27H,16-20H2,1H3. The average molecular weight is 468 g/mol. The number of aromatic nitrogens is 2. The van der Waals surface area contributed by atoms with Gasteiger partial charge in [0.25, 0.3) is 0 Å². The van der Waals surface area contributed by atoms with Gasteiger partial charge >= 0.3 is 0 Å². The second-order valence-electron chi connectivity index (χ2n) is 8.95. The van der Waals surface area contributed by atoms with E-state index < -0.39 is 0 Å². The molecule has 178 valence electrons. The number of ketones is 1. The number of Topliss-reactive ketones (excluding diaryl/α,β-unsaturated/α-hetero) is 1. The fraction of sp³-hybridized carbons (Fsp3) is 0.276. The van der Waals surface area contributed by atoms with Gasteiger partial charge in [0.1, 0.15) is 5.75 Å². The van der Waals surface area contributed by atoms with Gasteiger partial charge in [0, 0.05) is 11.5 Å². The first kappa shape index (κ1) is 23.0. The van der Waals surface area contributed by atoms with E-state index >= 15 is 0 Å². The van der Waals surface area contributed by atoms with Crippen molar-refractivity contribution in [2.45, 2.75) is 24.7 Å². The Balaban J connectivity index is 1.24. The van der Waals surface area contributed by atoms with E-state index in [1.807, 2.05) is 60.7 Å². The molecule has 0 saturated carbocycles. The van der Waals surface area contributed by atoms with Crippen LogP contribution in [0.3, 0.4) is 0 Å². The van der Waals surface area contributed by atoms with Crippen LogP contribution in [0, 0.1) is 0 Å². The highest BCUT2D eigenvalue weighted by molar-refractivity contribution is 5.97. The van der Waals surface area contributed by atoms with Crippen LogP contribution >= 0.6 is 0 Å². The lowest BCUT2D eigenvalue weighted by atomic mass is 9.90. The maximum Gasteiger partial charge on any atom is 0.229 e. The summed E-state index contributed by atoms with van der Waals surface area (Å²) in [6.07, 6.45) is 1.78. The molecule has 5 rings (SSSR count). The summed E-state index contributed by atoms with van der Waals surface area (Å²) in [6.45, 7) is 2.06. The van der Waals surface area contributed by atoms with Crippen molar-refractivity contribution in [3.8, 4) is 5.75 Å². The molecule has 6 nitrogen and oxygen atoms in total. The van der Waals surface area contributed by atoms with Crippen LogP contribution in [0.1, 0.15) is 57.9 Å².